The summed E-state index contributed by atoms with van der Waals surface area (Å²) in [5.74, 6) is 1.59. The number of ether oxygens (including phenoxy) is 1. The highest BCUT2D eigenvalue weighted by molar-refractivity contribution is 5.81. The predicted molar refractivity (Wildman–Crippen MR) is 94.5 cm³/mol. The van der Waals surface area contributed by atoms with Crippen molar-refractivity contribution in [1.29, 1.82) is 0 Å². The fourth-order valence-corrected chi connectivity index (χ4v) is 2.30. The van der Waals surface area contributed by atoms with Crippen LogP contribution < -0.4 is 10.1 Å². The first kappa shape index (κ1) is 16.6. The molecule has 0 saturated heterocycles. The first-order chi connectivity index (χ1) is 12.2. The Hall–Kier alpha value is -3.22. The van der Waals surface area contributed by atoms with Crippen molar-refractivity contribution in [3.63, 3.8) is 0 Å². The lowest BCUT2D eigenvalue weighted by Gasteiger charge is -2.07. The minimum atomic E-state index is -0.120. The zero-order chi connectivity index (χ0) is 17.6. The zero-order valence-corrected chi connectivity index (χ0v) is 14.1. The first-order valence-corrected chi connectivity index (χ1v) is 7.98. The fourth-order valence-electron chi connectivity index (χ4n) is 2.30. The molecule has 3 rings (SSSR count). The lowest BCUT2D eigenvalue weighted by Crippen LogP contribution is -2.15. The highest BCUT2D eigenvalue weighted by atomic mass is 16.5. The van der Waals surface area contributed by atoms with Gasteiger partial charge >= 0.3 is 0 Å². The van der Waals surface area contributed by atoms with Crippen molar-refractivity contribution >= 4 is 11.9 Å². The molecule has 0 bridgehead atoms. The van der Waals surface area contributed by atoms with Gasteiger partial charge in [0.25, 0.3) is 0 Å². The lowest BCUT2D eigenvalue weighted by molar-refractivity contribution is 0.0895. The summed E-state index contributed by atoms with van der Waals surface area (Å²) in [7, 11) is 1.63. The first-order valence-electron chi connectivity index (χ1n) is 7.98. The average molecular weight is 337 g/mol. The number of pyridine rings is 1. The number of aromatic nitrogens is 4. The van der Waals surface area contributed by atoms with Crippen molar-refractivity contribution in [2.45, 2.75) is 19.9 Å². The van der Waals surface area contributed by atoms with Crippen molar-refractivity contribution in [2.75, 3.05) is 12.4 Å². The van der Waals surface area contributed by atoms with E-state index in [2.05, 4.69) is 20.4 Å². The van der Waals surface area contributed by atoms with Crippen LogP contribution in [0.15, 0.2) is 48.8 Å². The molecule has 0 unspecified atom stereocenters. The SMILES string of the molecule is CCC(=O)n1nc(-c2ccncc2)nc1NCc1ccc(OC)cc1. The van der Waals surface area contributed by atoms with Crippen LogP contribution in [0.1, 0.15) is 23.7 Å². The molecule has 0 spiro atoms. The number of anilines is 1. The van der Waals surface area contributed by atoms with E-state index in [-0.39, 0.29) is 5.91 Å². The second kappa shape index (κ2) is 7.57. The molecule has 0 aliphatic carbocycles. The number of benzene rings is 1. The summed E-state index contributed by atoms with van der Waals surface area (Å²) in [6.07, 6.45) is 3.68. The third-order valence-corrected chi connectivity index (χ3v) is 3.69. The zero-order valence-electron chi connectivity index (χ0n) is 14.1. The molecule has 7 heteroatoms. The van der Waals surface area contributed by atoms with Gasteiger partial charge in [-0.05, 0) is 29.8 Å². The Bertz CT molecular complexity index is 844. The van der Waals surface area contributed by atoms with Crippen LogP contribution in [0.5, 0.6) is 5.75 Å². The molecule has 0 amide bonds. The van der Waals surface area contributed by atoms with E-state index in [0.29, 0.717) is 24.7 Å². The van der Waals surface area contributed by atoms with Crippen LogP contribution in [0.2, 0.25) is 0 Å². The van der Waals surface area contributed by atoms with Crippen LogP contribution in [0, 0.1) is 0 Å². The van der Waals surface area contributed by atoms with E-state index >= 15 is 0 Å². The number of hydrogen-bond donors (Lipinski definition) is 1. The van der Waals surface area contributed by atoms with Crippen molar-refractivity contribution in [3.05, 3.63) is 54.4 Å². The van der Waals surface area contributed by atoms with Gasteiger partial charge in [0.1, 0.15) is 5.75 Å². The van der Waals surface area contributed by atoms with Crippen LogP contribution in [-0.4, -0.2) is 32.8 Å². The van der Waals surface area contributed by atoms with Gasteiger partial charge in [0.05, 0.1) is 7.11 Å². The van der Waals surface area contributed by atoms with Gasteiger partial charge in [0.15, 0.2) is 5.82 Å². The maximum absolute atomic E-state index is 12.2. The molecule has 2 heterocycles. The van der Waals surface area contributed by atoms with Gasteiger partial charge in [-0.2, -0.15) is 9.67 Å². The molecule has 1 aromatic carbocycles. The second-order valence-corrected chi connectivity index (χ2v) is 5.36. The Balaban J connectivity index is 1.83. The molecule has 0 aliphatic rings. The van der Waals surface area contributed by atoms with Crippen molar-refractivity contribution < 1.29 is 9.53 Å². The lowest BCUT2D eigenvalue weighted by atomic mass is 10.2. The van der Waals surface area contributed by atoms with Gasteiger partial charge < -0.3 is 10.1 Å². The van der Waals surface area contributed by atoms with Crippen molar-refractivity contribution in [2.24, 2.45) is 0 Å². The molecular formula is C18H19N5O2. The van der Waals surface area contributed by atoms with E-state index in [4.69, 9.17) is 4.74 Å². The standard InChI is InChI=1S/C18H19N5O2/c1-3-16(24)23-18(20-12-13-4-6-15(25-2)7-5-13)21-17(22-23)14-8-10-19-11-9-14/h4-11H,3,12H2,1-2H3,(H,20,21,22). The molecule has 25 heavy (non-hydrogen) atoms. The topological polar surface area (TPSA) is 81.9 Å². The molecule has 128 valence electrons. The van der Waals surface area contributed by atoms with Crippen molar-refractivity contribution in [3.8, 4) is 17.1 Å². The molecule has 0 radical (unpaired) electrons. The molecule has 1 N–H and O–H groups in total. The van der Waals surface area contributed by atoms with Crippen LogP contribution in [0.3, 0.4) is 0 Å². The maximum atomic E-state index is 12.2. The Morgan fingerprint density at radius 3 is 2.52 bits per heavy atom. The third-order valence-electron chi connectivity index (χ3n) is 3.69. The van der Waals surface area contributed by atoms with Crippen LogP contribution in [-0.2, 0) is 6.54 Å². The molecule has 3 aromatic rings. The van der Waals surface area contributed by atoms with Crippen LogP contribution in [0.25, 0.3) is 11.4 Å². The summed E-state index contributed by atoms with van der Waals surface area (Å²) in [4.78, 5) is 20.6. The van der Waals surface area contributed by atoms with Gasteiger partial charge in [-0.15, -0.1) is 5.10 Å². The van der Waals surface area contributed by atoms with E-state index in [0.717, 1.165) is 16.9 Å². The molecule has 0 fully saturated rings. The smallest absolute Gasteiger partial charge is 0.249 e. The van der Waals surface area contributed by atoms with E-state index in [1.54, 1.807) is 26.4 Å². The van der Waals surface area contributed by atoms with E-state index < -0.39 is 0 Å². The van der Waals surface area contributed by atoms with Gasteiger partial charge in [-0.1, -0.05) is 19.1 Å². The average Bonchev–Trinajstić information content (AvgIpc) is 3.11. The summed E-state index contributed by atoms with van der Waals surface area (Å²) in [5, 5.41) is 7.52. The van der Waals surface area contributed by atoms with E-state index in [9.17, 15) is 4.79 Å². The Morgan fingerprint density at radius 1 is 1.16 bits per heavy atom. The predicted octanol–water partition coefficient (Wildman–Crippen LogP) is 3.01. The maximum Gasteiger partial charge on any atom is 0.249 e. The molecule has 2 aromatic heterocycles. The quantitative estimate of drug-likeness (QED) is 0.744. The second-order valence-electron chi connectivity index (χ2n) is 5.36. The summed E-state index contributed by atoms with van der Waals surface area (Å²) in [5.41, 5.74) is 1.86. The number of rotatable bonds is 6. The number of carbonyl (C=O) groups excluding carboxylic acids is 1. The third kappa shape index (κ3) is 3.82. The van der Waals surface area contributed by atoms with E-state index in [1.807, 2.05) is 36.4 Å². The summed E-state index contributed by atoms with van der Waals surface area (Å²) in [6.45, 7) is 2.32. The molecular weight excluding hydrogens is 318 g/mol. The fraction of sp³-hybridized carbons (Fsp3) is 0.222. The normalized spacial score (nSPS) is 10.5. The molecule has 0 atom stereocenters. The van der Waals surface area contributed by atoms with Crippen LogP contribution >= 0.6 is 0 Å². The number of methoxy groups -OCH3 is 1. The Morgan fingerprint density at radius 2 is 1.88 bits per heavy atom. The highest BCUT2D eigenvalue weighted by Gasteiger charge is 2.15. The Kier molecular flexibility index (Phi) is 5.03. The van der Waals surface area contributed by atoms with Gasteiger partial charge in [0, 0.05) is 30.9 Å². The summed E-state index contributed by atoms with van der Waals surface area (Å²) < 4.78 is 6.47. The van der Waals surface area contributed by atoms with E-state index in [1.165, 1.54) is 4.68 Å². The van der Waals surface area contributed by atoms with Gasteiger partial charge in [-0.25, -0.2) is 0 Å². The number of hydrogen-bond acceptors (Lipinski definition) is 6. The van der Waals surface area contributed by atoms with Crippen molar-refractivity contribution in [1.82, 2.24) is 19.7 Å². The van der Waals surface area contributed by atoms with Crippen LogP contribution in [0.4, 0.5) is 5.95 Å². The minimum Gasteiger partial charge on any atom is -0.497 e. The molecule has 7 nitrogen and oxygen atoms in total. The summed E-state index contributed by atoms with van der Waals surface area (Å²) in [6, 6.07) is 11.3. The number of carbonyl (C=O) groups is 1. The largest absolute Gasteiger partial charge is 0.497 e. The van der Waals surface area contributed by atoms with Gasteiger partial charge in [-0.3, -0.25) is 9.78 Å². The highest BCUT2D eigenvalue weighted by Crippen LogP contribution is 2.18. The Labute approximate surface area is 145 Å². The summed E-state index contributed by atoms with van der Waals surface area (Å²) >= 11 is 0. The number of nitrogens with one attached hydrogen (secondary N) is 1. The minimum absolute atomic E-state index is 0.120. The number of nitrogens with zero attached hydrogens (tertiary/aromatic N) is 4. The van der Waals surface area contributed by atoms with Gasteiger partial charge in [0.2, 0.25) is 11.9 Å². The molecule has 0 saturated carbocycles. The molecule has 0 aliphatic heterocycles. The monoisotopic (exact) mass is 337 g/mol.